The van der Waals surface area contributed by atoms with Gasteiger partial charge in [0, 0.05) is 58.0 Å². The average molecular weight is 876 g/mol. The maximum atomic E-state index is 6.75. The van der Waals surface area contributed by atoms with E-state index in [2.05, 4.69) is 229 Å². The van der Waals surface area contributed by atoms with Gasteiger partial charge in [0.2, 0.25) is 0 Å². The van der Waals surface area contributed by atoms with Crippen LogP contribution in [0.25, 0.3) is 42.4 Å². The lowest BCUT2D eigenvalue weighted by molar-refractivity contribution is 0.436. The molecule has 0 saturated carbocycles. The summed E-state index contributed by atoms with van der Waals surface area (Å²) in [5, 5.41) is 2.59. The summed E-state index contributed by atoms with van der Waals surface area (Å²) in [6, 6.07) is 83.9. The number of ether oxygens (including phenoxy) is 1. The summed E-state index contributed by atoms with van der Waals surface area (Å²) in [6.45, 7) is 0. The molecule has 0 unspecified atom stereocenters. The molecule has 0 saturated heterocycles. The number of para-hydroxylation sites is 2. The van der Waals surface area contributed by atoms with Crippen molar-refractivity contribution in [1.29, 1.82) is 0 Å². The van der Waals surface area contributed by atoms with Crippen LogP contribution in [0, 0.1) is 0 Å². The molecule has 4 aliphatic rings. The number of thiophene rings is 1. The Balaban J connectivity index is 1.05. The van der Waals surface area contributed by atoms with Gasteiger partial charge in [0.1, 0.15) is 11.5 Å². The highest BCUT2D eigenvalue weighted by Gasteiger charge is 2.53. The van der Waals surface area contributed by atoms with Crippen molar-refractivity contribution in [3.05, 3.63) is 269 Å². The molecule has 2 aliphatic carbocycles. The lowest BCUT2D eigenvalue weighted by atomic mass is 9.66. The predicted molar refractivity (Wildman–Crippen MR) is 273 cm³/mol. The Kier molecular flexibility index (Phi) is 7.48. The predicted octanol–water partition coefficient (Wildman–Crippen LogP) is 16.8. The molecular formula is C62H37NOS2. The second kappa shape index (κ2) is 13.5. The van der Waals surface area contributed by atoms with Crippen molar-refractivity contribution in [3.8, 4) is 33.8 Å². The Morgan fingerprint density at radius 1 is 0.348 bits per heavy atom. The highest BCUT2D eigenvalue weighted by Crippen LogP contribution is 2.66. The Morgan fingerprint density at radius 3 is 1.61 bits per heavy atom. The molecule has 66 heavy (non-hydrogen) atoms. The molecule has 0 bridgehead atoms. The van der Waals surface area contributed by atoms with E-state index in [9.17, 15) is 0 Å². The molecule has 0 atom stereocenters. The first-order valence-corrected chi connectivity index (χ1v) is 24.3. The quantitative estimate of drug-likeness (QED) is 0.175. The fourth-order valence-corrected chi connectivity index (χ4v) is 14.7. The maximum Gasteiger partial charge on any atom is 0.132 e. The summed E-state index contributed by atoms with van der Waals surface area (Å²) in [4.78, 5) is 5.16. The topological polar surface area (TPSA) is 12.5 Å². The largest absolute Gasteiger partial charge is 0.457 e. The normalized spacial score (nSPS) is 14.7. The van der Waals surface area contributed by atoms with Crippen molar-refractivity contribution < 1.29 is 4.74 Å². The monoisotopic (exact) mass is 875 g/mol. The average Bonchev–Trinajstić information content (AvgIpc) is 3.99. The van der Waals surface area contributed by atoms with E-state index in [0.29, 0.717) is 0 Å². The Hall–Kier alpha value is -7.63. The van der Waals surface area contributed by atoms with Gasteiger partial charge >= 0.3 is 0 Å². The molecule has 2 nitrogen and oxygen atoms in total. The third-order valence-electron chi connectivity index (χ3n) is 14.8. The lowest BCUT2D eigenvalue weighted by Crippen LogP contribution is -2.32. The minimum absolute atomic E-state index is 0.499. The minimum atomic E-state index is -0.600. The number of rotatable bonds is 3. The van der Waals surface area contributed by atoms with Crippen LogP contribution >= 0.6 is 23.1 Å². The van der Waals surface area contributed by atoms with Gasteiger partial charge in [0.15, 0.2) is 0 Å². The highest BCUT2D eigenvalue weighted by molar-refractivity contribution is 7.99. The molecular weight excluding hydrogens is 839 g/mol. The summed E-state index contributed by atoms with van der Waals surface area (Å²) in [5.74, 6) is 1.79. The van der Waals surface area contributed by atoms with E-state index in [-0.39, 0.29) is 0 Å². The van der Waals surface area contributed by atoms with Crippen LogP contribution in [0.4, 0.5) is 17.1 Å². The number of benzene rings is 10. The number of hydrogen-bond donors (Lipinski definition) is 0. The molecule has 4 heteroatoms. The van der Waals surface area contributed by atoms with Crippen LogP contribution in [-0.2, 0) is 10.8 Å². The fourth-order valence-electron chi connectivity index (χ4n) is 12.3. The molecule has 2 spiro atoms. The minimum Gasteiger partial charge on any atom is -0.457 e. The van der Waals surface area contributed by atoms with Gasteiger partial charge in [-0.2, -0.15) is 0 Å². The highest BCUT2D eigenvalue weighted by atomic mass is 32.2. The van der Waals surface area contributed by atoms with Crippen molar-refractivity contribution in [2.24, 2.45) is 0 Å². The van der Waals surface area contributed by atoms with Gasteiger partial charge in [-0.3, -0.25) is 0 Å². The van der Waals surface area contributed by atoms with Crippen LogP contribution < -0.4 is 9.64 Å². The Bertz CT molecular complexity index is 3790. The Labute approximate surface area is 391 Å². The van der Waals surface area contributed by atoms with Gasteiger partial charge < -0.3 is 9.64 Å². The number of hydrogen-bond acceptors (Lipinski definition) is 4. The number of nitrogens with zero attached hydrogens (tertiary/aromatic N) is 1. The van der Waals surface area contributed by atoms with Gasteiger partial charge in [-0.05, 0) is 111 Å². The molecule has 0 fully saturated rings. The van der Waals surface area contributed by atoms with Crippen molar-refractivity contribution in [1.82, 2.24) is 0 Å². The molecule has 11 aromatic rings. The lowest BCUT2D eigenvalue weighted by Gasteiger charge is -2.40. The maximum absolute atomic E-state index is 6.75. The van der Waals surface area contributed by atoms with Crippen molar-refractivity contribution in [2.45, 2.75) is 20.6 Å². The van der Waals surface area contributed by atoms with E-state index in [0.717, 1.165) is 39.7 Å². The molecule has 0 radical (unpaired) electrons. The van der Waals surface area contributed by atoms with E-state index >= 15 is 0 Å². The zero-order chi connectivity index (χ0) is 43.1. The van der Waals surface area contributed by atoms with Crippen LogP contribution in [0.5, 0.6) is 11.5 Å². The van der Waals surface area contributed by atoms with Gasteiger partial charge in [0.05, 0.1) is 16.5 Å². The second-order valence-corrected chi connectivity index (χ2v) is 20.0. The van der Waals surface area contributed by atoms with Crippen molar-refractivity contribution in [3.63, 3.8) is 0 Å². The first kappa shape index (κ1) is 36.7. The van der Waals surface area contributed by atoms with Gasteiger partial charge in [-0.25, -0.2) is 0 Å². The van der Waals surface area contributed by atoms with E-state index < -0.39 is 10.8 Å². The summed E-state index contributed by atoms with van der Waals surface area (Å²) in [5.41, 5.74) is 17.5. The molecule has 308 valence electrons. The van der Waals surface area contributed by atoms with Crippen LogP contribution in [0.15, 0.2) is 234 Å². The van der Waals surface area contributed by atoms with Crippen LogP contribution in [0.3, 0.4) is 0 Å². The molecule has 0 amide bonds. The number of anilines is 3. The molecule has 2 aliphatic heterocycles. The summed E-state index contributed by atoms with van der Waals surface area (Å²) < 4.78 is 9.33. The SMILES string of the molecule is c1ccc2c(c1)Oc1ccccc1C21c2ccccc2-c2ccc(N(c3ccc4c(c3)sc3ccccc34)c3cccc4c3-c3ccccc3C43c4ccccc4Sc4ccccc43)cc21. The second-order valence-electron chi connectivity index (χ2n) is 17.8. The molecule has 3 heterocycles. The van der Waals surface area contributed by atoms with Crippen LogP contribution in [0.1, 0.15) is 44.5 Å². The fraction of sp³-hybridized carbons (Fsp3) is 0.0323. The van der Waals surface area contributed by atoms with Gasteiger partial charge in [0.25, 0.3) is 0 Å². The zero-order valence-electron chi connectivity index (χ0n) is 35.5. The van der Waals surface area contributed by atoms with E-state index in [1.54, 1.807) is 0 Å². The standard InChI is InChI=1S/C62H37NOS2/c1-4-19-45-40(16-1)41-34-32-38(36-52(41)61(45)47-21-6-10-27-54(47)64-55-28-11-7-22-48(55)61)63(39-33-35-43-42-17-3-12-29-56(42)65-59(43)37-39)53-26-15-25-51-60(53)44-18-2-5-20-46(44)62(51)49-23-8-13-30-57(49)66-58-31-14-9-24-50(58)62/h1-37H. The van der Waals surface area contributed by atoms with Crippen LogP contribution in [0.2, 0.25) is 0 Å². The molecule has 10 aromatic carbocycles. The van der Waals surface area contributed by atoms with Crippen LogP contribution in [-0.4, -0.2) is 0 Å². The van der Waals surface area contributed by atoms with E-state index in [4.69, 9.17) is 4.74 Å². The summed E-state index contributed by atoms with van der Waals surface area (Å²) >= 11 is 3.76. The van der Waals surface area contributed by atoms with E-state index in [1.807, 2.05) is 23.1 Å². The number of fused-ring (bicyclic) bond motifs is 21. The molecule has 0 N–H and O–H groups in total. The van der Waals surface area contributed by atoms with Gasteiger partial charge in [-0.15, -0.1) is 11.3 Å². The first-order chi connectivity index (χ1) is 32.7. The van der Waals surface area contributed by atoms with E-state index in [1.165, 1.54) is 85.6 Å². The molecule has 1 aromatic heterocycles. The summed E-state index contributed by atoms with van der Waals surface area (Å²) in [6.07, 6.45) is 0. The third kappa shape index (κ3) is 4.62. The zero-order valence-corrected chi connectivity index (χ0v) is 37.2. The molecule has 15 rings (SSSR count). The first-order valence-electron chi connectivity index (χ1n) is 22.7. The summed E-state index contributed by atoms with van der Waals surface area (Å²) in [7, 11) is 0. The smallest absolute Gasteiger partial charge is 0.132 e. The van der Waals surface area contributed by atoms with Crippen molar-refractivity contribution in [2.75, 3.05) is 4.90 Å². The third-order valence-corrected chi connectivity index (χ3v) is 17.1. The Morgan fingerprint density at radius 2 is 0.864 bits per heavy atom. The van der Waals surface area contributed by atoms with Crippen molar-refractivity contribution >= 4 is 60.3 Å². The van der Waals surface area contributed by atoms with Gasteiger partial charge in [-0.1, -0.05) is 176 Å².